The van der Waals surface area contributed by atoms with Gasteiger partial charge < -0.3 is 13.9 Å². The molecule has 0 aliphatic carbocycles. The summed E-state index contributed by atoms with van der Waals surface area (Å²) in [6.45, 7) is 15.8. The molecule has 0 unspecified atom stereocenters. The molecule has 0 bridgehead atoms. The van der Waals surface area contributed by atoms with Crippen molar-refractivity contribution >= 4 is 14.1 Å². The summed E-state index contributed by atoms with van der Waals surface area (Å²) >= 11 is 0. The molecule has 152 valence electrons. The van der Waals surface area contributed by atoms with Crippen molar-refractivity contribution in [1.29, 1.82) is 0 Å². The molecule has 0 saturated heterocycles. The van der Waals surface area contributed by atoms with E-state index in [0.717, 1.165) is 11.3 Å². The molecule has 0 amide bonds. The van der Waals surface area contributed by atoms with Crippen LogP contribution >= 0.6 is 0 Å². The Labute approximate surface area is 166 Å². The second-order valence-corrected chi connectivity index (χ2v) is 13.4. The number of benzene rings is 1. The molecule has 0 aromatic heterocycles. The molecule has 0 aliphatic heterocycles. The number of carbonyl (C=O) groups is 1. The molecule has 4 nitrogen and oxygen atoms in total. The summed E-state index contributed by atoms with van der Waals surface area (Å²) in [4.78, 5) is 11.3. The smallest absolute Gasteiger partial charge is 0.192 e. The van der Waals surface area contributed by atoms with Crippen LogP contribution in [0.5, 0.6) is 5.75 Å². The molecule has 0 N–H and O–H groups in total. The van der Waals surface area contributed by atoms with Gasteiger partial charge in [-0.15, -0.1) is 0 Å². The van der Waals surface area contributed by atoms with Crippen molar-refractivity contribution in [2.45, 2.75) is 65.5 Å². The zero-order valence-electron chi connectivity index (χ0n) is 18.2. The van der Waals surface area contributed by atoms with Crippen LogP contribution in [0.25, 0.3) is 0 Å². The molecule has 1 aromatic carbocycles. The van der Waals surface area contributed by atoms with Crippen molar-refractivity contribution < 1.29 is 18.7 Å². The minimum Gasteiger partial charge on any atom is -0.497 e. The molecule has 2 atom stereocenters. The Hall–Kier alpha value is -1.43. The van der Waals surface area contributed by atoms with Crippen LogP contribution in [0.2, 0.25) is 18.1 Å². The van der Waals surface area contributed by atoms with Crippen molar-refractivity contribution in [3.05, 3.63) is 42.0 Å². The summed E-state index contributed by atoms with van der Waals surface area (Å²) < 4.78 is 17.8. The Morgan fingerprint density at radius 3 is 2.26 bits per heavy atom. The number of ether oxygens (including phenoxy) is 2. The van der Waals surface area contributed by atoms with Gasteiger partial charge >= 0.3 is 0 Å². The zero-order chi connectivity index (χ0) is 20.7. The van der Waals surface area contributed by atoms with Crippen LogP contribution in [-0.4, -0.2) is 33.9 Å². The minimum absolute atomic E-state index is 0.0482. The van der Waals surface area contributed by atoms with Crippen LogP contribution in [0, 0.1) is 5.92 Å². The third-order valence-corrected chi connectivity index (χ3v) is 9.69. The van der Waals surface area contributed by atoms with Crippen molar-refractivity contribution in [2.75, 3.05) is 13.7 Å². The Balaban J connectivity index is 2.78. The number of ketones is 1. The van der Waals surface area contributed by atoms with Gasteiger partial charge in [0.2, 0.25) is 0 Å². The van der Waals surface area contributed by atoms with Gasteiger partial charge in [0, 0.05) is 5.92 Å². The van der Waals surface area contributed by atoms with Gasteiger partial charge in [-0.3, -0.25) is 4.79 Å². The Kier molecular flexibility index (Phi) is 8.92. The standard InChI is InChI=1S/C22H36O4Si/c1-17(9-10-18(2)23)21(26-27(7,8)22(3,4)5)16-25-15-19-11-13-20(24-6)14-12-19/h9-14,17,21H,15-16H2,1-8H3/b10-9+/t17-,21-/m0/s1. The maximum atomic E-state index is 11.3. The number of carbonyl (C=O) groups excluding carboxylic acids is 1. The quantitative estimate of drug-likeness (QED) is 0.396. The Morgan fingerprint density at radius 2 is 1.78 bits per heavy atom. The lowest BCUT2D eigenvalue weighted by molar-refractivity contribution is -0.112. The average molecular weight is 393 g/mol. The van der Waals surface area contributed by atoms with Gasteiger partial charge in [-0.1, -0.05) is 45.9 Å². The van der Waals surface area contributed by atoms with E-state index in [1.54, 1.807) is 20.1 Å². The van der Waals surface area contributed by atoms with E-state index in [0.29, 0.717) is 13.2 Å². The highest BCUT2D eigenvalue weighted by Gasteiger charge is 2.40. The van der Waals surface area contributed by atoms with Crippen LogP contribution in [0.4, 0.5) is 0 Å². The number of hydrogen-bond donors (Lipinski definition) is 0. The molecule has 0 heterocycles. The summed E-state index contributed by atoms with van der Waals surface area (Å²) in [5, 5.41) is 0.116. The molecule has 5 heteroatoms. The van der Waals surface area contributed by atoms with Gasteiger partial charge in [-0.25, -0.2) is 0 Å². The lowest BCUT2D eigenvalue weighted by Gasteiger charge is -2.40. The van der Waals surface area contributed by atoms with Gasteiger partial charge in [-0.2, -0.15) is 0 Å². The Bertz CT molecular complexity index is 614. The van der Waals surface area contributed by atoms with E-state index in [4.69, 9.17) is 13.9 Å². The summed E-state index contributed by atoms with van der Waals surface area (Å²) in [7, 11) is -0.287. The van der Waals surface area contributed by atoms with Crippen molar-refractivity contribution in [3.8, 4) is 5.75 Å². The number of methoxy groups -OCH3 is 1. The van der Waals surface area contributed by atoms with E-state index in [2.05, 4.69) is 40.8 Å². The van der Waals surface area contributed by atoms with Gasteiger partial charge in [-0.05, 0) is 48.8 Å². The fourth-order valence-corrected chi connectivity index (χ4v) is 3.67. The molecule has 0 saturated carbocycles. The fraction of sp³-hybridized carbons (Fsp3) is 0.591. The van der Waals surface area contributed by atoms with Gasteiger partial charge in [0.05, 0.1) is 26.4 Å². The highest BCUT2D eigenvalue weighted by atomic mass is 28.4. The molecule has 27 heavy (non-hydrogen) atoms. The number of rotatable bonds is 10. The summed E-state index contributed by atoms with van der Waals surface area (Å²) in [6, 6.07) is 7.87. The number of hydrogen-bond acceptors (Lipinski definition) is 4. The second kappa shape index (κ2) is 10.2. The van der Waals surface area contributed by atoms with Crippen molar-refractivity contribution in [3.63, 3.8) is 0 Å². The average Bonchev–Trinajstić information content (AvgIpc) is 2.58. The monoisotopic (exact) mass is 392 g/mol. The molecule has 1 aromatic rings. The van der Waals surface area contributed by atoms with E-state index in [-0.39, 0.29) is 22.8 Å². The van der Waals surface area contributed by atoms with E-state index in [1.807, 2.05) is 30.3 Å². The molecular weight excluding hydrogens is 356 g/mol. The molecule has 1 rings (SSSR count). The zero-order valence-corrected chi connectivity index (χ0v) is 19.2. The number of allylic oxidation sites excluding steroid dienone is 1. The first-order valence-electron chi connectivity index (χ1n) is 9.53. The normalized spacial score (nSPS) is 15.0. The predicted molar refractivity (Wildman–Crippen MR) is 114 cm³/mol. The minimum atomic E-state index is -1.94. The van der Waals surface area contributed by atoms with Gasteiger partial charge in [0.1, 0.15) is 5.75 Å². The lowest BCUT2D eigenvalue weighted by Crippen LogP contribution is -2.46. The first-order valence-corrected chi connectivity index (χ1v) is 12.4. The third-order valence-electron chi connectivity index (χ3n) is 5.18. The summed E-state index contributed by atoms with van der Waals surface area (Å²) in [6.07, 6.45) is 3.47. The SMILES string of the molecule is COc1ccc(COC[C@H](O[Si](C)(C)C(C)(C)C)[C@@H](C)/C=C/C(C)=O)cc1. The van der Waals surface area contributed by atoms with E-state index in [9.17, 15) is 4.79 Å². The van der Waals surface area contributed by atoms with E-state index < -0.39 is 8.32 Å². The highest BCUT2D eigenvalue weighted by molar-refractivity contribution is 6.74. The van der Waals surface area contributed by atoms with Crippen LogP contribution in [-0.2, 0) is 20.6 Å². The molecule has 0 fully saturated rings. The van der Waals surface area contributed by atoms with Gasteiger partial charge in [0.15, 0.2) is 14.1 Å². The van der Waals surface area contributed by atoms with Crippen molar-refractivity contribution in [2.24, 2.45) is 5.92 Å². The van der Waals surface area contributed by atoms with Crippen LogP contribution < -0.4 is 4.74 Å². The lowest BCUT2D eigenvalue weighted by atomic mass is 10.0. The summed E-state index contributed by atoms with van der Waals surface area (Å²) in [5.41, 5.74) is 1.09. The highest BCUT2D eigenvalue weighted by Crippen LogP contribution is 2.38. The van der Waals surface area contributed by atoms with Crippen LogP contribution in [0.3, 0.4) is 0 Å². The fourth-order valence-electron chi connectivity index (χ4n) is 2.27. The Morgan fingerprint density at radius 1 is 1.19 bits per heavy atom. The molecule has 0 radical (unpaired) electrons. The molecule has 0 spiro atoms. The molecular formula is C22H36O4Si. The maximum Gasteiger partial charge on any atom is 0.192 e. The van der Waals surface area contributed by atoms with E-state index in [1.165, 1.54) is 0 Å². The van der Waals surface area contributed by atoms with Crippen LogP contribution in [0.1, 0.15) is 40.2 Å². The third kappa shape index (κ3) is 7.99. The first-order chi connectivity index (χ1) is 12.5. The van der Waals surface area contributed by atoms with E-state index >= 15 is 0 Å². The first kappa shape index (κ1) is 23.6. The summed E-state index contributed by atoms with van der Waals surface area (Å²) in [5.74, 6) is 0.979. The largest absolute Gasteiger partial charge is 0.497 e. The molecule has 0 aliphatic rings. The maximum absolute atomic E-state index is 11.3. The second-order valence-electron chi connectivity index (χ2n) is 8.61. The topological polar surface area (TPSA) is 44.8 Å². The van der Waals surface area contributed by atoms with Crippen LogP contribution in [0.15, 0.2) is 36.4 Å². The predicted octanol–water partition coefficient (Wildman–Crippen LogP) is 5.38. The van der Waals surface area contributed by atoms with Gasteiger partial charge in [0.25, 0.3) is 0 Å². The van der Waals surface area contributed by atoms with Crippen molar-refractivity contribution in [1.82, 2.24) is 0 Å².